The zero-order valence-electron chi connectivity index (χ0n) is 16.9. The van der Waals surface area contributed by atoms with Gasteiger partial charge in [0, 0.05) is 32.3 Å². The molecule has 0 saturated carbocycles. The predicted molar refractivity (Wildman–Crippen MR) is 105 cm³/mol. The van der Waals surface area contributed by atoms with E-state index in [2.05, 4.69) is 22.3 Å². The van der Waals surface area contributed by atoms with Crippen molar-refractivity contribution in [3.05, 3.63) is 52.8 Å². The SMILES string of the molecule is CNC(=O)[C@@](C)(C(=O)NO)N(C)C(=O)c1ccc(C#Cc2cnn(C)c2C)cc1. The second kappa shape index (κ2) is 8.58. The zero-order valence-corrected chi connectivity index (χ0v) is 16.9. The number of hydrogen-bond acceptors (Lipinski definition) is 5. The molecular formula is C20H23N5O4. The molecule has 0 fully saturated rings. The van der Waals surface area contributed by atoms with Gasteiger partial charge in [0.25, 0.3) is 17.7 Å². The van der Waals surface area contributed by atoms with Crippen LogP contribution in [-0.2, 0) is 16.6 Å². The van der Waals surface area contributed by atoms with Gasteiger partial charge in [0.15, 0.2) is 5.54 Å². The summed E-state index contributed by atoms with van der Waals surface area (Å²) in [7, 11) is 4.48. The van der Waals surface area contributed by atoms with Crippen molar-refractivity contribution in [2.24, 2.45) is 7.05 Å². The minimum Gasteiger partial charge on any atom is -0.357 e. The number of aromatic nitrogens is 2. The highest BCUT2D eigenvalue weighted by atomic mass is 16.5. The van der Waals surface area contributed by atoms with Crippen LogP contribution in [0.15, 0.2) is 30.5 Å². The van der Waals surface area contributed by atoms with Gasteiger partial charge in [-0.3, -0.25) is 24.3 Å². The van der Waals surface area contributed by atoms with E-state index in [9.17, 15) is 14.4 Å². The molecule has 2 aromatic rings. The van der Waals surface area contributed by atoms with Crippen molar-refractivity contribution in [3.63, 3.8) is 0 Å². The van der Waals surface area contributed by atoms with Crippen molar-refractivity contribution in [2.75, 3.05) is 14.1 Å². The van der Waals surface area contributed by atoms with Crippen LogP contribution < -0.4 is 10.8 Å². The van der Waals surface area contributed by atoms with E-state index in [1.807, 2.05) is 14.0 Å². The molecule has 1 aromatic carbocycles. The Morgan fingerprint density at radius 2 is 1.79 bits per heavy atom. The molecule has 0 aliphatic carbocycles. The van der Waals surface area contributed by atoms with Crippen LogP contribution in [-0.4, -0.2) is 57.2 Å². The average molecular weight is 397 g/mol. The van der Waals surface area contributed by atoms with Gasteiger partial charge in [-0.1, -0.05) is 11.8 Å². The van der Waals surface area contributed by atoms with E-state index in [1.54, 1.807) is 35.1 Å². The molecule has 1 aromatic heterocycles. The first-order valence-electron chi connectivity index (χ1n) is 8.72. The Morgan fingerprint density at radius 3 is 2.28 bits per heavy atom. The van der Waals surface area contributed by atoms with Crippen molar-refractivity contribution >= 4 is 17.7 Å². The molecule has 0 unspecified atom stereocenters. The highest BCUT2D eigenvalue weighted by molar-refractivity contribution is 6.12. The first-order valence-corrected chi connectivity index (χ1v) is 8.72. The lowest BCUT2D eigenvalue weighted by atomic mass is 9.96. The smallest absolute Gasteiger partial charge is 0.278 e. The van der Waals surface area contributed by atoms with Gasteiger partial charge >= 0.3 is 0 Å². The highest BCUT2D eigenvalue weighted by Crippen LogP contribution is 2.18. The summed E-state index contributed by atoms with van der Waals surface area (Å²) < 4.78 is 1.73. The molecular weight excluding hydrogens is 374 g/mol. The lowest BCUT2D eigenvalue weighted by Gasteiger charge is -2.34. The highest BCUT2D eigenvalue weighted by Gasteiger charge is 2.47. The Labute approximate surface area is 168 Å². The number of nitrogens with zero attached hydrogens (tertiary/aromatic N) is 3. The van der Waals surface area contributed by atoms with Gasteiger partial charge in [0.2, 0.25) is 0 Å². The van der Waals surface area contributed by atoms with Crippen LogP contribution in [0.3, 0.4) is 0 Å². The molecule has 1 heterocycles. The summed E-state index contributed by atoms with van der Waals surface area (Å²) in [5.41, 5.74) is 2.21. The van der Waals surface area contributed by atoms with E-state index < -0.39 is 23.3 Å². The monoisotopic (exact) mass is 397 g/mol. The van der Waals surface area contributed by atoms with Crippen molar-refractivity contribution in [3.8, 4) is 11.8 Å². The topological polar surface area (TPSA) is 117 Å². The van der Waals surface area contributed by atoms with Gasteiger partial charge in [-0.2, -0.15) is 5.10 Å². The number of aryl methyl sites for hydroxylation is 1. The summed E-state index contributed by atoms with van der Waals surface area (Å²) in [4.78, 5) is 38.1. The maximum absolute atomic E-state index is 12.8. The molecule has 3 N–H and O–H groups in total. The Kier molecular flexibility index (Phi) is 6.41. The van der Waals surface area contributed by atoms with E-state index in [0.717, 1.165) is 16.2 Å². The van der Waals surface area contributed by atoms with Crippen LogP contribution >= 0.6 is 0 Å². The third kappa shape index (κ3) is 4.12. The second-order valence-corrected chi connectivity index (χ2v) is 6.55. The van der Waals surface area contributed by atoms with Crippen LogP contribution in [0.2, 0.25) is 0 Å². The number of likely N-dealkylation sites (N-methyl/N-ethyl adjacent to an activating group) is 2. The van der Waals surface area contributed by atoms with Crippen LogP contribution in [0.25, 0.3) is 0 Å². The van der Waals surface area contributed by atoms with Gasteiger partial charge in [-0.25, -0.2) is 5.48 Å². The van der Waals surface area contributed by atoms with Crippen molar-refractivity contribution in [1.82, 2.24) is 25.5 Å². The molecule has 0 bridgehead atoms. The standard InChI is InChI=1S/C20H23N5O4/c1-13-16(12-22-25(13)5)11-8-14-6-9-15(10-7-14)17(26)24(4)20(2,18(27)21-3)19(28)23-29/h6-7,9-10,12,29H,1-5H3,(H,21,27)(H,23,28)/t20-/m0/s1. The molecule has 0 spiro atoms. The maximum atomic E-state index is 12.8. The molecule has 2 rings (SSSR count). The second-order valence-electron chi connectivity index (χ2n) is 6.55. The lowest BCUT2D eigenvalue weighted by Crippen LogP contribution is -2.64. The van der Waals surface area contributed by atoms with Gasteiger partial charge in [0.1, 0.15) is 0 Å². The molecule has 3 amide bonds. The summed E-state index contributed by atoms with van der Waals surface area (Å²) in [6.45, 7) is 3.16. The first kappa shape index (κ1) is 21.7. The van der Waals surface area contributed by atoms with Crippen LogP contribution in [0.4, 0.5) is 0 Å². The first-order chi connectivity index (χ1) is 13.7. The number of benzene rings is 1. The summed E-state index contributed by atoms with van der Waals surface area (Å²) in [6, 6.07) is 6.45. The quantitative estimate of drug-likeness (QED) is 0.295. The van der Waals surface area contributed by atoms with Crippen molar-refractivity contribution in [1.29, 1.82) is 0 Å². The van der Waals surface area contributed by atoms with Gasteiger partial charge in [-0.05, 0) is 38.1 Å². The Hall–Kier alpha value is -3.64. The number of carbonyl (C=O) groups excluding carboxylic acids is 3. The van der Waals surface area contributed by atoms with Crippen LogP contribution in [0.1, 0.15) is 34.1 Å². The number of rotatable bonds is 4. The van der Waals surface area contributed by atoms with Crippen molar-refractivity contribution in [2.45, 2.75) is 19.4 Å². The number of carbonyl (C=O) groups is 3. The Morgan fingerprint density at radius 1 is 1.17 bits per heavy atom. The largest absolute Gasteiger partial charge is 0.357 e. The Balaban J connectivity index is 2.27. The third-order valence-electron chi connectivity index (χ3n) is 4.90. The van der Waals surface area contributed by atoms with Gasteiger partial charge in [-0.15, -0.1) is 0 Å². The fourth-order valence-electron chi connectivity index (χ4n) is 2.61. The average Bonchev–Trinajstić information content (AvgIpc) is 3.07. The molecule has 9 nitrogen and oxygen atoms in total. The molecule has 0 aliphatic heterocycles. The Bertz CT molecular complexity index is 982. The molecule has 152 valence electrons. The van der Waals surface area contributed by atoms with E-state index >= 15 is 0 Å². The van der Waals surface area contributed by atoms with E-state index in [0.29, 0.717) is 5.56 Å². The van der Waals surface area contributed by atoms with Crippen LogP contribution in [0.5, 0.6) is 0 Å². The van der Waals surface area contributed by atoms with E-state index in [1.165, 1.54) is 26.5 Å². The third-order valence-corrected chi connectivity index (χ3v) is 4.90. The number of hydrogen-bond donors (Lipinski definition) is 3. The van der Waals surface area contributed by atoms with E-state index in [-0.39, 0.29) is 5.56 Å². The maximum Gasteiger partial charge on any atom is 0.278 e. The van der Waals surface area contributed by atoms with Gasteiger partial charge < -0.3 is 10.2 Å². The minimum atomic E-state index is -1.93. The normalized spacial score (nSPS) is 12.2. The molecule has 29 heavy (non-hydrogen) atoms. The molecule has 9 heteroatoms. The van der Waals surface area contributed by atoms with E-state index in [4.69, 9.17) is 5.21 Å². The summed E-state index contributed by atoms with van der Waals surface area (Å²) in [5, 5.41) is 15.4. The molecule has 0 radical (unpaired) electrons. The molecule has 0 aliphatic rings. The number of nitrogens with one attached hydrogen (secondary N) is 2. The van der Waals surface area contributed by atoms with Crippen molar-refractivity contribution < 1.29 is 19.6 Å². The van der Waals surface area contributed by atoms with Gasteiger partial charge in [0.05, 0.1) is 17.5 Å². The fourth-order valence-corrected chi connectivity index (χ4v) is 2.61. The van der Waals surface area contributed by atoms with Crippen LogP contribution in [0, 0.1) is 18.8 Å². The lowest BCUT2D eigenvalue weighted by molar-refractivity contribution is -0.148. The minimum absolute atomic E-state index is 0.261. The fraction of sp³-hybridized carbons (Fsp3) is 0.300. The summed E-state index contributed by atoms with van der Waals surface area (Å²) in [6.07, 6.45) is 1.68. The number of amides is 3. The molecule has 1 atom stereocenters. The summed E-state index contributed by atoms with van der Waals surface area (Å²) >= 11 is 0. The predicted octanol–water partition coefficient (Wildman–Crippen LogP) is 0.210. The summed E-state index contributed by atoms with van der Waals surface area (Å²) in [5.74, 6) is 3.70. The number of hydroxylamine groups is 1. The molecule has 0 saturated heterocycles. The zero-order chi connectivity index (χ0) is 21.8.